The number of amides is 1. The molecule has 2 rings (SSSR count). The molecule has 0 radical (unpaired) electrons. The number of anilines is 1. The summed E-state index contributed by atoms with van der Waals surface area (Å²) in [6.07, 6.45) is 1.64. The van der Waals surface area contributed by atoms with E-state index in [2.05, 4.69) is 29.0 Å². The van der Waals surface area contributed by atoms with Crippen molar-refractivity contribution in [2.75, 3.05) is 30.7 Å². The Balaban J connectivity index is 1.88. The Labute approximate surface area is 148 Å². The lowest BCUT2D eigenvalue weighted by molar-refractivity contribution is 0.102. The summed E-state index contributed by atoms with van der Waals surface area (Å²) in [5.41, 5.74) is 2.49. The van der Waals surface area contributed by atoms with Crippen LogP contribution in [0, 0.1) is 6.92 Å². The van der Waals surface area contributed by atoms with Crippen molar-refractivity contribution in [3.63, 3.8) is 0 Å². The summed E-state index contributed by atoms with van der Waals surface area (Å²) in [5.74, 6) is 0.872. The topological polar surface area (TPSA) is 45.2 Å². The van der Waals surface area contributed by atoms with Gasteiger partial charge in [0.15, 0.2) is 0 Å². The first-order valence-corrected chi connectivity index (χ1v) is 9.30. The summed E-state index contributed by atoms with van der Waals surface area (Å²) in [5, 5.41) is 3.85. The van der Waals surface area contributed by atoms with Gasteiger partial charge < -0.3 is 10.2 Å². The number of thioether (sulfide) groups is 1. The summed E-state index contributed by atoms with van der Waals surface area (Å²) in [4.78, 5) is 19.0. The van der Waals surface area contributed by atoms with E-state index in [0.717, 1.165) is 41.7 Å². The molecule has 5 heteroatoms. The first-order valence-electron chi connectivity index (χ1n) is 8.31. The predicted octanol–water partition coefficient (Wildman–Crippen LogP) is 4.08. The molecule has 2 aromatic rings. The van der Waals surface area contributed by atoms with Crippen molar-refractivity contribution in [3.05, 3.63) is 53.7 Å². The molecule has 0 unspecified atom stereocenters. The van der Waals surface area contributed by atoms with E-state index in [4.69, 9.17) is 0 Å². The average molecular weight is 343 g/mol. The van der Waals surface area contributed by atoms with Crippen LogP contribution in [0.2, 0.25) is 0 Å². The van der Waals surface area contributed by atoms with Crippen molar-refractivity contribution < 1.29 is 4.79 Å². The number of hydrogen-bond acceptors (Lipinski definition) is 4. The molecule has 0 aliphatic carbocycles. The van der Waals surface area contributed by atoms with Crippen molar-refractivity contribution in [2.45, 2.75) is 25.8 Å². The molecule has 128 valence electrons. The maximum absolute atomic E-state index is 12.3. The van der Waals surface area contributed by atoms with E-state index in [-0.39, 0.29) is 5.91 Å². The number of nitrogens with one attached hydrogen (secondary N) is 1. The third-order valence-electron chi connectivity index (χ3n) is 3.83. The van der Waals surface area contributed by atoms with Crippen molar-refractivity contribution >= 4 is 23.4 Å². The first-order chi connectivity index (χ1) is 11.6. The van der Waals surface area contributed by atoms with Gasteiger partial charge in [-0.3, -0.25) is 4.79 Å². The molecule has 0 spiro atoms. The van der Waals surface area contributed by atoms with Gasteiger partial charge in [0.25, 0.3) is 5.91 Å². The number of hydrogen-bond donors (Lipinski definition) is 1. The lowest BCUT2D eigenvalue weighted by atomic mass is 10.2. The van der Waals surface area contributed by atoms with Crippen LogP contribution in [0.5, 0.6) is 0 Å². The highest BCUT2D eigenvalue weighted by Crippen LogP contribution is 2.16. The van der Waals surface area contributed by atoms with E-state index >= 15 is 0 Å². The van der Waals surface area contributed by atoms with Gasteiger partial charge >= 0.3 is 0 Å². The molecule has 0 bridgehead atoms. The molecular formula is C19H25N3OS. The summed E-state index contributed by atoms with van der Waals surface area (Å²) in [6.45, 7) is 9.55. The van der Waals surface area contributed by atoms with Gasteiger partial charge in [-0.15, -0.1) is 11.8 Å². The zero-order valence-corrected chi connectivity index (χ0v) is 15.4. The van der Waals surface area contributed by atoms with Gasteiger partial charge in [-0.1, -0.05) is 26.0 Å². The number of rotatable bonds is 8. The average Bonchev–Trinajstić information content (AvgIpc) is 2.59. The maximum atomic E-state index is 12.3. The van der Waals surface area contributed by atoms with E-state index < -0.39 is 0 Å². The fourth-order valence-corrected chi connectivity index (χ4v) is 3.20. The minimum atomic E-state index is -0.132. The SMILES string of the molecule is CCN(CC)CCSc1ccc(C(=O)Nc2cccc(C)c2)cn1. The standard InChI is InChI=1S/C19H25N3OS/c1-4-22(5-2)11-12-24-18-10-9-16(14-20-18)19(23)21-17-8-6-7-15(3)13-17/h6-10,13-14H,4-5,11-12H2,1-3H3,(H,21,23). The zero-order chi connectivity index (χ0) is 17.4. The number of pyridine rings is 1. The van der Waals surface area contributed by atoms with Crippen LogP contribution >= 0.6 is 11.8 Å². The number of carbonyl (C=O) groups is 1. The fraction of sp³-hybridized carbons (Fsp3) is 0.368. The molecule has 1 aromatic carbocycles. The molecule has 0 fully saturated rings. The Morgan fingerprint density at radius 2 is 2.00 bits per heavy atom. The summed E-state index contributed by atoms with van der Waals surface area (Å²) >= 11 is 1.72. The van der Waals surface area contributed by atoms with Crippen LogP contribution in [0.4, 0.5) is 5.69 Å². The van der Waals surface area contributed by atoms with Crippen molar-refractivity contribution in [1.29, 1.82) is 0 Å². The Hall–Kier alpha value is -1.85. The monoisotopic (exact) mass is 343 g/mol. The second-order valence-electron chi connectivity index (χ2n) is 5.58. The number of aryl methyl sites for hydroxylation is 1. The van der Waals surface area contributed by atoms with Gasteiger partial charge in [0.2, 0.25) is 0 Å². The van der Waals surface area contributed by atoms with Crippen LogP contribution in [-0.2, 0) is 0 Å². The highest BCUT2D eigenvalue weighted by molar-refractivity contribution is 7.99. The summed E-state index contributed by atoms with van der Waals surface area (Å²) in [7, 11) is 0. The van der Waals surface area contributed by atoms with Crippen LogP contribution in [-0.4, -0.2) is 41.2 Å². The Kier molecular flexibility index (Phi) is 7.28. The molecule has 1 aromatic heterocycles. The van der Waals surface area contributed by atoms with E-state index in [1.54, 1.807) is 18.0 Å². The Morgan fingerprint density at radius 3 is 2.62 bits per heavy atom. The minimum absolute atomic E-state index is 0.132. The Morgan fingerprint density at radius 1 is 1.21 bits per heavy atom. The first kappa shape index (κ1) is 18.5. The fourth-order valence-electron chi connectivity index (χ4n) is 2.35. The van der Waals surface area contributed by atoms with E-state index in [1.165, 1.54) is 0 Å². The largest absolute Gasteiger partial charge is 0.322 e. The lowest BCUT2D eigenvalue weighted by Crippen LogP contribution is -2.25. The molecular weight excluding hydrogens is 318 g/mol. The number of carbonyl (C=O) groups excluding carboxylic acids is 1. The van der Waals surface area contributed by atoms with Crippen LogP contribution in [0.25, 0.3) is 0 Å². The molecule has 24 heavy (non-hydrogen) atoms. The third kappa shape index (κ3) is 5.65. The van der Waals surface area contributed by atoms with Crippen molar-refractivity contribution in [1.82, 2.24) is 9.88 Å². The zero-order valence-electron chi connectivity index (χ0n) is 14.6. The molecule has 0 atom stereocenters. The summed E-state index contributed by atoms with van der Waals surface area (Å²) < 4.78 is 0. The number of nitrogens with zero attached hydrogens (tertiary/aromatic N) is 2. The van der Waals surface area contributed by atoms with Crippen LogP contribution in [0.15, 0.2) is 47.6 Å². The Bertz CT molecular complexity index is 654. The molecule has 0 saturated heterocycles. The molecule has 1 amide bonds. The van der Waals surface area contributed by atoms with E-state index in [1.807, 2.05) is 43.3 Å². The minimum Gasteiger partial charge on any atom is -0.322 e. The number of benzene rings is 1. The smallest absolute Gasteiger partial charge is 0.257 e. The molecule has 1 heterocycles. The van der Waals surface area contributed by atoms with E-state index in [9.17, 15) is 4.79 Å². The quantitative estimate of drug-likeness (QED) is 0.734. The van der Waals surface area contributed by atoms with Crippen LogP contribution in [0.3, 0.4) is 0 Å². The van der Waals surface area contributed by atoms with Crippen LogP contribution < -0.4 is 5.32 Å². The van der Waals surface area contributed by atoms with Gasteiger partial charge in [0.05, 0.1) is 10.6 Å². The third-order valence-corrected chi connectivity index (χ3v) is 4.75. The number of aromatic nitrogens is 1. The van der Waals surface area contributed by atoms with Crippen molar-refractivity contribution in [2.24, 2.45) is 0 Å². The molecule has 1 N–H and O–H groups in total. The lowest BCUT2D eigenvalue weighted by Gasteiger charge is -2.17. The second kappa shape index (κ2) is 9.45. The molecule has 0 aliphatic heterocycles. The highest BCUT2D eigenvalue weighted by atomic mass is 32.2. The van der Waals surface area contributed by atoms with Gasteiger partial charge in [0, 0.05) is 24.2 Å². The van der Waals surface area contributed by atoms with Crippen LogP contribution in [0.1, 0.15) is 29.8 Å². The normalized spacial score (nSPS) is 10.8. The highest BCUT2D eigenvalue weighted by Gasteiger charge is 2.07. The van der Waals surface area contributed by atoms with Gasteiger partial charge in [0.1, 0.15) is 0 Å². The molecule has 4 nitrogen and oxygen atoms in total. The van der Waals surface area contributed by atoms with Crippen molar-refractivity contribution in [3.8, 4) is 0 Å². The maximum Gasteiger partial charge on any atom is 0.257 e. The second-order valence-corrected chi connectivity index (χ2v) is 6.70. The van der Waals surface area contributed by atoms with Gasteiger partial charge in [-0.05, 0) is 49.8 Å². The predicted molar refractivity (Wildman–Crippen MR) is 102 cm³/mol. The summed E-state index contributed by atoms with van der Waals surface area (Å²) in [6, 6.07) is 11.5. The van der Waals surface area contributed by atoms with Gasteiger partial charge in [-0.25, -0.2) is 4.98 Å². The van der Waals surface area contributed by atoms with Gasteiger partial charge in [-0.2, -0.15) is 0 Å². The molecule has 0 saturated carbocycles. The molecule has 0 aliphatic rings. The van der Waals surface area contributed by atoms with E-state index in [0.29, 0.717) is 5.56 Å².